The molecule has 2 N–H and O–H groups in total. The van der Waals surface area contributed by atoms with E-state index in [-0.39, 0.29) is 0 Å². The summed E-state index contributed by atoms with van der Waals surface area (Å²) in [7, 11) is 2.22. The maximum atomic E-state index is 5.88. The fourth-order valence-electron chi connectivity index (χ4n) is 2.37. The molecule has 0 amide bonds. The van der Waals surface area contributed by atoms with Crippen LogP contribution in [0.4, 0.5) is 0 Å². The Kier molecular flexibility index (Phi) is 6.90. The van der Waals surface area contributed by atoms with E-state index in [1.165, 1.54) is 11.3 Å². The average Bonchev–Trinajstić information content (AvgIpc) is 2.80. The van der Waals surface area contributed by atoms with Crippen molar-refractivity contribution in [3.8, 4) is 0 Å². The molecule has 1 heterocycles. The molecule has 2 unspecified atom stereocenters. The van der Waals surface area contributed by atoms with Crippen molar-refractivity contribution in [3.05, 3.63) is 22.4 Å². The third kappa shape index (κ3) is 5.51. The zero-order valence-electron chi connectivity index (χ0n) is 12.2. The number of nitrogens with two attached hydrogens (primary N) is 1. The number of hydrogen-bond acceptors (Lipinski definition) is 3. The molecular weight excluding hydrogens is 240 g/mol. The first kappa shape index (κ1) is 15.7. The number of thiophene rings is 1. The van der Waals surface area contributed by atoms with Gasteiger partial charge in [0.1, 0.15) is 0 Å². The van der Waals surface area contributed by atoms with E-state index >= 15 is 0 Å². The topological polar surface area (TPSA) is 29.3 Å². The van der Waals surface area contributed by atoms with Gasteiger partial charge in [0.05, 0.1) is 0 Å². The molecule has 18 heavy (non-hydrogen) atoms. The maximum Gasteiger partial charge on any atom is 0.0112 e. The summed E-state index contributed by atoms with van der Waals surface area (Å²) in [6.45, 7) is 8.77. The molecule has 0 aromatic carbocycles. The largest absolute Gasteiger partial charge is 0.330 e. The number of nitrogens with zero attached hydrogens (tertiary/aromatic N) is 1. The first-order valence-corrected chi connectivity index (χ1v) is 7.83. The number of rotatable bonds is 8. The summed E-state index contributed by atoms with van der Waals surface area (Å²) in [6, 6.07) is 4.95. The minimum atomic E-state index is 0.588. The van der Waals surface area contributed by atoms with E-state index in [0.29, 0.717) is 12.0 Å². The fraction of sp³-hybridized carbons (Fsp3) is 0.733. The molecule has 0 spiro atoms. The Morgan fingerprint density at radius 2 is 2.06 bits per heavy atom. The van der Waals surface area contributed by atoms with E-state index in [0.717, 1.165) is 25.4 Å². The van der Waals surface area contributed by atoms with Crippen LogP contribution < -0.4 is 5.73 Å². The summed E-state index contributed by atoms with van der Waals surface area (Å²) in [6.07, 6.45) is 2.37. The van der Waals surface area contributed by atoms with E-state index in [2.05, 4.69) is 50.2 Å². The Morgan fingerprint density at radius 3 is 2.56 bits per heavy atom. The lowest BCUT2D eigenvalue weighted by atomic mass is 9.96. The van der Waals surface area contributed by atoms with Crippen LogP contribution in [-0.2, 0) is 6.42 Å². The summed E-state index contributed by atoms with van der Waals surface area (Å²) in [4.78, 5) is 3.93. The molecule has 2 nitrogen and oxygen atoms in total. The monoisotopic (exact) mass is 268 g/mol. The minimum absolute atomic E-state index is 0.588. The summed E-state index contributed by atoms with van der Waals surface area (Å²) in [5, 5.41) is 2.16. The second kappa shape index (κ2) is 7.93. The minimum Gasteiger partial charge on any atom is -0.330 e. The predicted octanol–water partition coefficient (Wildman–Crippen LogP) is 3.23. The van der Waals surface area contributed by atoms with Crippen LogP contribution in [0.1, 0.15) is 32.1 Å². The SMILES string of the molecule is CC(C)CC(CN)CN(C)C(C)Cc1cccs1. The quantitative estimate of drug-likeness (QED) is 0.784. The van der Waals surface area contributed by atoms with Crippen LogP contribution in [0.15, 0.2) is 17.5 Å². The number of hydrogen-bond donors (Lipinski definition) is 1. The Hall–Kier alpha value is -0.380. The molecule has 0 aliphatic heterocycles. The van der Waals surface area contributed by atoms with Crippen molar-refractivity contribution in [2.24, 2.45) is 17.6 Å². The van der Waals surface area contributed by atoms with Gasteiger partial charge in [0.15, 0.2) is 0 Å². The molecule has 0 radical (unpaired) electrons. The zero-order chi connectivity index (χ0) is 13.5. The highest BCUT2D eigenvalue weighted by molar-refractivity contribution is 7.09. The molecule has 0 aliphatic rings. The maximum absolute atomic E-state index is 5.88. The van der Waals surface area contributed by atoms with Gasteiger partial charge in [0, 0.05) is 17.5 Å². The standard InChI is InChI=1S/C15H28N2S/c1-12(2)8-14(10-16)11-17(4)13(3)9-15-6-5-7-18-15/h5-7,12-14H,8-11,16H2,1-4H3. The Balaban J connectivity index is 2.40. The van der Waals surface area contributed by atoms with Crippen molar-refractivity contribution in [3.63, 3.8) is 0 Å². The second-order valence-electron chi connectivity index (χ2n) is 5.80. The van der Waals surface area contributed by atoms with E-state index in [1.54, 1.807) is 0 Å². The van der Waals surface area contributed by atoms with Crippen molar-refractivity contribution in [2.45, 2.75) is 39.7 Å². The molecule has 1 rings (SSSR count). The van der Waals surface area contributed by atoms with Gasteiger partial charge >= 0.3 is 0 Å². The lowest BCUT2D eigenvalue weighted by Crippen LogP contribution is -2.37. The lowest BCUT2D eigenvalue weighted by Gasteiger charge is -2.29. The lowest BCUT2D eigenvalue weighted by molar-refractivity contribution is 0.205. The predicted molar refractivity (Wildman–Crippen MR) is 82.1 cm³/mol. The van der Waals surface area contributed by atoms with Crippen molar-refractivity contribution >= 4 is 11.3 Å². The van der Waals surface area contributed by atoms with Crippen LogP contribution in [0.5, 0.6) is 0 Å². The Labute approximate surface area is 116 Å². The second-order valence-corrected chi connectivity index (χ2v) is 6.84. The van der Waals surface area contributed by atoms with Crippen LogP contribution >= 0.6 is 11.3 Å². The van der Waals surface area contributed by atoms with Crippen LogP contribution in [0.25, 0.3) is 0 Å². The number of likely N-dealkylation sites (N-methyl/N-ethyl adjacent to an activating group) is 1. The first-order chi connectivity index (χ1) is 8.52. The van der Waals surface area contributed by atoms with Crippen molar-refractivity contribution < 1.29 is 0 Å². The molecule has 0 aliphatic carbocycles. The molecule has 0 saturated carbocycles. The van der Waals surface area contributed by atoms with Crippen molar-refractivity contribution in [2.75, 3.05) is 20.1 Å². The van der Waals surface area contributed by atoms with Gasteiger partial charge in [-0.15, -0.1) is 11.3 Å². The molecule has 0 bridgehead atoms. The van der Waals surface area contributed by atoms with Gasteiger partial charge in [-0.3, -0.25) is 0 Å². The van der Waals surface area contributed by atoms with E-state index in [9.17, 15) is 0 Å². The molecule has 0 saturated heterocycles. The molecule has 1 aromatic rings. The third-order valence-electron chi connectivity index (χ3n) is 3.51. The summed E-state index contributed by atoms with van der Waals surface area (Å²) < 4.78 is 0. The van der Waals surface area contributed by atoms with Gasteiger partial charge in [-0.05, 0) is 56.6 Å². The zero-order valence-corrected chi connectivity index (χ0v) is 13.0. The van der Waals surface area contributed by atoms with E-state index < -0.39 is 0 Å². The highest BCUT2D eigenvalue weighted by Gasteiger charge is 2.16. The van der Waals surface area contributed by atoms with Crippen LogP contribution in [0.2, 0.25) is 0 Å². The molecular formula is C15H28N2S. The Morgan fingerprint density at radius 1 is 1.33 bits per heavy atom. The smallest absolute Gasteiger partial charge is 0.0112 e. The molecule has 2 atom stereocenters. The van der Waals surface area contributed by atoms with E-state index in [1.807, 2.05) is 11.3 Å². The van der Waals surface area contributed by atoms with Gasteiger partial charge in [-0.1, -0.05) is 19.9 Å². The van der Waals surface area contributed by atoms with Gasteiger partial charge in [-0.25, -0.2) is 0 Å². The molecule has 0 fully saturated rings. The van der Waals surface area contributed by atoms with Crippen molar-refractivity contribution in [1.82, 2.24) is 4.90 Å². The Bertz CT molecular complexity index is 308. The summed E-state index contributed by atoms with van der Waals surface area (Å²) in [5.74, 6) is 1.36. The van der Waals surface area contributed by atoms with Gasteiger partial charge in [0.25, 0.3) is 0 Å². The van der Waals surface area contributed by atoms with Crippen LogP contribution in [0.3, 0.4) is 0 Å². The van der Waals surface area contributed by atoms with Crippen LogP contribution in [0, 0.1) is 11.8 Å². The van der Waals surface area contributed by atoms with Crippen molar-refractivity contribution in [1.29, 1.82) is 0 Å². The average molecular weight is 268 g/mol. The normalized spacial score (nSPS) is 15.3. The van der Waals surface area contributed by atoms with Gasteiger partial charge < -0.3 is 10.6 Å². The molecule has 3 heteroatoms. The van der Waals surface area contributed by atoms with Gasteiger partial charge in [0.2, 0.25) is 0 Å². The fourth-order valence-corrected chi connectivity index (χ4v) is 3.20. The molecule has 104 valence electrons. The first-order valence-electron chi connectivity index (χ1n) is 6.95. The van der Waals surface area contributed by atoms with E-state index in [4.69, 9.17) is 5.73 Å². The third-order valence-corrected chi connectivity index (χ3v) is 4.41. The molecule has 1 aromatic heterocycles. The highest BCUT2D eigenvalue weighted by Crippen LogP contribution is 2.16. The highest BCUT2D eigenvalue weighted by atomic mass is 32.1. The van der Waals surface area contributed by atoms with Gasteiger partial charge in [-0.2, -0.15) is 0 Å². The summed E-state index contributed by atoms with van der Waals surface area (Å²) >= 11 is 1.85. The van der Waals surface area contributed by atoms with Crippen LogP contribution in [-0.4, -0.2) is 31.1 Å². The summed E-state index contributed by atoms with van der Waals surface area (Å²) in [5.41, 5.74) is 5.88.